The molecule has 1 aliphatic carbocycles. The van der Waals surface area contributed by atoms with Crippen LogP contribution in [0.3, 0.4) is 0 Å². The summed E-state index contributed by atoms with van der Waals surface area (Å²) in [5.74, 6) is -0.452. The van der Waals surface area contributed by atoms with E-state index in [4.69, 9.17) is 0 Å². The Morgan fingerprint density at radius 1 is 1.29 bits per heavy atom. The minimum atomic E-state index is -0.927. The summed E-state index contributed by atoms with van der Waals surface area (Å²) in [5, 5.41) is 12.5. The molecule has 2 N–H and O–H groups in total. The lowest BCUT2D eigenvalue weighted by Crippen LogP contribution is -2.10. The average molecular weight is 282 g/mol. The number of nitrogens with one attached hydrogen (secondary N) is 1. The standard InChI is InChI=1S/C17H18N2O2/c1-11-5-7-12(8-6-11)10-18-16-14(17(20)21)9-13-3-2-4-15(13)19-16/h5-9H,2-4,10H2,1H3,(H,18,19)(H,20,21). The zero-order valence-corrected chi connectivity index (χ0v) is 12.0. The molecule has 0 aliphatic heterocycles. The number of carboxylic acid groups (broad SMARTS) is 1. The van der Waals surface area contributed by atoms with Crippen LogP contribution in [-0.4, -0.2) is 16.1 Å². The number of carboxylic acids is 1. The summed E-state index contributed by atoms with van der Waals surface area (Å²) in [6.45, 7) is 2.62. The van der Waals surface area contributed by atoms with Gasteiger partial charge in [-0.2, -0.15) is 0 Å². The normalized spacial score (nSPS) is 13.0. The number of carbonyl (C=O) groups is 1. The molecule has 0 saturated carbocycles. The van der Waals surface area contributed by atoms with Gasteiger partial charge in [-0.15, -0.1) is 0 Å². The van der Waals surface area contributed by atoms with Crippen molar-refractivity contribution in [1.29, 1.82) is 0 Å². The van der Waals surface area contributed by atoms with Gasteiger partial charge in [0.15, 0.2) is 0 Å². The number of fused-ring (bicyclic) bond motifs is 1. The first-order valence-corrected chi connectivity index (χ1v) is 7.19. The molecule has 3 rings (SSSR count). The molecule has 0 spiro atoms. The van der Waals surface area contributed by atoms with Crippen LogP contribution in [0.1, 0.15) is 39.2 Å². The second-order valence-corrected chi connectivity index (χ2v) is 5.49. The topological polar surface area (TPSA) is 62.2 Å². The van der Waals surface area contributed by atoms with Gasteiger partial charge >= 0.3 is 5.97 Å². The maximum Gasteiger partial charge on any atom is 0.339 e. The van der Waals surface area contributed by atoms with Crippen molar-refractivity contribution in [2.24, 2.45) is 0 Å². The van der Waals surface area contributed by atoms with Gasteiger partial charge in [-0.25, -0.2) is 9.78 Å². The van der Waals surface area contributed by atoms with Gasteiger partial charge in [0.1, 0.15) is 11.4 Å². The summed E-state index contributed by atoms with van der Waals surface area (Å²) < 4.78 is 0. The maximum absolute atomic E-state index is 11.4. The Labute approximate surface area is 123 Å². The monoisotopic (exact) mass is 282 g/mol. The molecule has 0 amide bonds. The van der Waals surface area contributed by atoms with E-state index in [1.807, 2.05) is 31.2 Å². The number of nitrogens with zero attached hydrogens (tertiary/aromatic N) is 1. The van der Waals surface area contributed by atoms with Crippen LogP contribution in [-0.2, 0) is 19.4 Å². The number of anilines is 1. The fourth-order valence-corrected chi connectivity index (χ4v) is 2.66. The Kier molecular flexibility index (Phi) is 3.60. The first-order chi connectivity index (χ1) is 10.1. The fraction of sp³-hybridized carbons (Fsp3) is 0.294. The SMILES string of the molecule is Cc1ccc(CNc2nc3c(cc2C(=O)O)CCC3)cc1. The average Bonchev–Trinajstić information content (AvgIpc) is 2.92. The Balaban J connectivity index is 1.84. The van der Waals surface area contributed by atoms with Gasteiger partial charge < -0.3 is 10.4 Å². The Hall–Kier alpha value is -2.36. The molecule has 1 aromatic carbocycles. The summed E-state index contributed by atoms with van der Waals surface area (Å²) in [6.07, 6.45) is 2.93. The maximum atomic E-state index is 11.4. The van der Waals surface area contributed by atoms with Crippen molar-refractivity contribution in [2.45, 2.75) is 32.7 Å². The third kappa shape index (κ3) is 2.89. The molecule has 4 nitrogen and oxygen atoms in total. The third-order valence-corrected chi connectivity index (χ3v) is 3.86. The molecule has 1 aromatic heterocycles. The second-order valence-electron chi connectivity index (χ2n) is 5.49. The van der Waals surface area contributed by atoms with Gasteiger partial charge in [0, 0.05) is 12.2 Å². The van der Waals surface area contributed by atoms with Gasteiger partial charge in [0.2, 0.25) is 0 Å². The Morgan fingerprint density at radius 3 is 2.76 bits per heavy atom. The number of rotatable bonds is 4. The summed E-state index contributed by atoms with van der Waals surface area (Å²) in [6, 6.07) is 9.94. The predicted molar refractivity (Wildman–Crippen MR) is 81.7 cm³/mol. The molecule has 0 bridgehead atoms. The molecule has 0 unspecified atom stereocenters. The zero-order chi connectivity index (χ0) is 14.8. The summed E-state index contributed by atoms with van der Waals surface area (Å²) in [5.41, 5.74) is 4.70. The molecule has 1 heterocycles. The molecule has 21 heavy (non-hydrogen) atoms. The van der Waals surface area contributed by atoms with Crippen molar-refractivity contribution < 1.29 is 9.90 Å². The third-order valence-electron chi connectivity index (χ3n) is 3.86. The predicted octanol–water partition coefficient (Wildman–Crippen LogP) is 3.19. The molecule has 0 radical (unpaired) electrons. The highest BCUT2D eigenvalue weighted by atomic mass is 16.4. The van der Waals surface area contributed by atoms with Crippen molar-refractivity contribution in [1.82, 2.24) is 4.98 Å². The smallest absolute Gasteiger partial charge is 0.339 e. The Morgan fingerprint density at radius 2 is 2.05 bits per heavy atom. The summed E-state index contributed by atoms with van der Waals surface area (Å²) in [7, 11) is 0. The van der Waals surface area contributed by atoms with Crippen molar-refractivity contribution in [3.63, 3.8) is 0 Å². The van der Waals surface area contributed by atoms with E-state index >= 15 is 0 Å². The number of aryl methyl sites for hydroxylation is 3. The number of hydrogen-bond donors (Lipinski definition) is 2. The molecule has 0 atom stereocenters. The molecular weight excluding hydrogens is 264 g/mol. The van der Waals surface area contributed by atoms with Crippen molar-refractivity contribution >= 4 is 11.8 Å². The fourth-order valence-electron chi connectivity index (χ4n) is 2.66. The van der Waals surface area contributed by atoms with E-state index in [9.17, 15) is 9.90 Å². The largest absolute Gasteiger partial charge is 0.478 e. The highest BCUT2D eigenvalue weighted by Gasteiger charge is 2.19. The number of aromatic carboxylic acids is 1. The van der Waals surface area contributed by atoms with Gasteiger partial charge in [-0.05, 0) is 43.4 Å². The van der Waals surface area contributed by atoms with E-state index < -0.39 is 5.97 Å². The summed E-state index contributed by atoms with van der Waals surface area (Å²) in [4.78, 5) is 15.9. The first kappa shape index (κ1) is 13.6. The number of hydrogen-bond acceptors (Lipinski definition) is 3. The second kappa shape index (κ2) is 5.56. The van der Waals surface area contributed by atoms with Crippen LogP contribution in [0.5, 0.6) is 0 Å². The van der Waals surface area contributed by atoms with Crippen molar-refractivity contribution in [3.05, 3.63) is 58.3 Å². The van der Waals surface area contributed by atoms with Gasteiger partial charge in [-0.3, -0.25) is 0 Å². The van der Waals surface area contributed by atoms with Crippen molar-refractivity contribution in [2.75, 3.05) is 5.32 Å². The molecule has 2 aromatic rings. The van der Waals surface area contributed by atoms with Crippen LogP contribution in [0.4, 0.5) is 5.82 Å². The van der Waals surface area contributed by atoms with E-state index in [0.29, 0.717) is 12.4 Å². The highest BCUT2D eigenvalue weighted by Crippen LogP contribution is 2.25. The van der Waals surface area contributed by atoms with Crippen LogP contribution in [0.25, 0.3) is 0 Å². The lowest BCUT2D eigenvalue weighted by molar-refractivity contribution is 0.0697. The number of benzene rings is 1. The van der Waals surface area contributed by atoms with Gasteiger partial charge in [0.25, 0.3) is 0 Å². The minimum Gasteiger partial charge on any atom is -0.478 e. The molecule has 0 saturated heterocycles. The van der Waals surface area contributed by atoms with Crippen LogP contribution >= 0.6 is 0 Å². The first-order valence-electron chi connectivity index (χ1n) is 7.19. The quantitative estimate of drug-likeness (QED) is 0.904. The Bertz CT molecular complexity index is 678. The van der Waals surface area contributed by atoms with E-state index in [1.165, 1.54) is 5.56 Å². The molecule has 0 fully saturated rings. The van der Waals surface area contributed by atoms with Gasteiger partial charge in [-0.1, -0.05) is 29.8 Å². The summed E-state index contributed by atoms with van der Waals surface area (Å²) >= 11 is 0. The molecule has 4 heteroatoms. The van der Waals surface area contributed by atoms with E-state index in [-0.39, 0.29) is 5.56 Å². The molecule has 1 aliphatic rings. The molecular formula is C17H18N2O2. The highest BCUT2D eigenvalue weighted by molar-refractivity contribution is 5.93. The van der Waals surface area contributed by atoms with Crippen LogP contribution in [0, 0.1) is 6.92 Å². The van der Waals surface area contributed by atoms with Crippen LogP contribution < -0.4 is 5.32 Å². The number of pyridine rings is 1. The van der Waals surface area contributed by atoms with Crippen LogP contribution in [0.15, 0.2) is 30.3 Å². The number of aromatic nitrogens is 1. The zero-order valence-electron chi connectivity index (χ0n) is 12.0. The van der Waals surface area contributed by atoms with Crippen LogP contribution in [0.2, 0.25) is 0 Å². The van der Waals surface area contributed by atoms with Crippen molar-refractivity contribution in [3.8, 4) is 0 Å². The molecule has 108 valence electrons. The van der Waals surface area contributed by atoms with E-state index in [1.54, 1.807) is 6.07 Å². The minimum absolute atomic E-state index is 0.266. The van der Waals surface area contributed by atoms with E-state index in [0.717, 1.165) is 36.1 Å². The lowest BCUT2D eigenvalue weighted by atomic mass is 10.1. The lowest BCUT2D eigenvalue weighted by Gasteiger charge is -2.11. The van der Waals surface area contributed by atoms with E-state index in [2.05, 4.69) is 10.3 Å². The van der Waals surface area contributed by atoms with Gasteiger partial charge in [0.05, 0.1) is 0 Å².